The van der Waals surface area contributed by atoms with Gasteiger partial charge in [0.25, 0.3) is 0 Å². The lowest BCUT2D eigenvalue weighted by atomic mass is 10.1. The van der Waals surface area contributed by atoms with Crippen molar-refractivity contribution >= 4 is 17.7 Å². The third kappa shape index (κ3) is 4.87. The second kappa shape index (κ2) is 7.25. The number of anilines is 1. The van der Waals surface area contributed by atoms with Crippen LogP contribution >= 0.6 is 0 Å². The van der Waals surface area contributed by atoms with Gasteiger partial charge in [0.2, 0.25) is 0 Å². The van der Waals surface area contributed by atoms with E-state index in [1.807, 2.05) is 13.0 Å². The molecule has 6 heteroatoms. The van der Waals surface area contributed by atoms with Gasteiger partial charge in [-0.1, -0.05) is 6.92 Å². The molecule has 19 heavy (non-hydrogen) atoms. The van der Waals surface area contributed by atoms with Gasteiger partial charge in [0.05, 0.1) is 13.5 Å². The Morgan fingerprint density at radius 1 is 1.37 bits per heavy atom. The van der Waals surface area contributed by atoms with Gasteiger partial charge in [0, 0.05) is 12.2 Å². The molecule has 1 rings (SSSR count). The number of hydrogen-bond donors (Lipinski definition) is 3. The summed E-state index contributed by atoms with van der Waals surface area (Å²) in [5.74, 6) is -0.169. The standard InChI is InChI=1S/C13H18N2O4/c1-3-9-8-10(4-5-11(9)19-2)15-13(18)14-7-6-12(16)17/h4-5,8H,3,6-7H2,1-2H3,(H,16,17)(H2,14,15,18). The molecule has 0 radical (unpaired) electrons. The minimum Gasteiger partial charge on any atom is -0.496 e. The topological polar surface area (TPSA) is 87.7 Å². The lowest BCUT2D eigenvalue weighted by molar-refractivity contribution is -0.136. The maximum Gasteiger partial charge on any atom is 0.319 e. The van der Waals surface area contributed by atoms with Crippen LogP contribution in [0.1, 0.15) is 18.9 Å². The summed E-state index contributed by atoms with van der Waals surface area (Å²) < 4.78 is 5.19. The van der Waals surface area contributed by atoms with Crippen molar-refractivity contribution in [3.63, 3.8) is 0 Å². The summed E-state index contributed by atoms with van der Waals surface area (Å²) in [7, 11) is 1.60. The van der Waals surface area contributed by atoms with Crippen molar-refractivity contribution in [1.82, 2.24) is 5.32 Å². The largest absolute Gasteiger partial charge is 0.496 e. The maximum atomic E-state index is 11.5. The zero-order valence-corrected chi connectivity index (χ0v) is 11.0. The van der Waals surface area contributed by atoms with Crippen LogP contribution in [0.5, 0.6) is 5.75 Å². The highest BCUT2D eigenvalue weighted by Gasteiger charge is 2.06. The van der Waals surface area contributed by atoms with E-state index in [-0.39, 0.29) is 13.0 Å². The van der Waals surface area contributed by atoms with E-state index in [1.165, 1.54) is 0 Å². The SMILES string of the molecule is CCc1cc(NC(=O)NCCC(=O)O)ccc1OC. The molecule has 2 amide bonds. The van der Waals surface area contributed by atoms with Gasteiger partial charge in [-0.25, -0.2) is 4.79 Å². The Morgan fingerprint density at radius 2 is 2.11 bits per heavy atom. The zero-order valence-electron chi connectivity index (χ0n) is 11.0. The summed E-state index contributed by atoms with van der Waals surface area (Å²) in [5.41, 5.74) is 1.64. The number of carboxylic acids is 1. The lowest BCUT2D eigenvalue weighted by Crippen LogP contribution is -2.30. The minimum absolute atomic E-state index is 0.0952. The number of aliphatic carboxylic acids is 1. The molecule has 0 heterocycles. The second-order valence-electron chi connectivity index (χ2n) is 3.90. The van der Waals surface area contributed by atoms with Gasteiger partial charge < -0.3 is 20.5 Å². The van der Waals surface area contributed by atoms with Crippen LogP contribution in [0.3, 0.4) is 0 Å². The lowest BCUT2D eigenvalue weighted by Gasteiger charge is -2.11. The highest BCUT2D eigenvalue weighted by Crippen LogP contribution is 2.22. The maximum absolute atomic E-state index is 11.5. The van der Waals surface area contributed by atoms with Crippen molar-refractivity contribution in [2.75, 3.05) is 19.0 Å². The summed E-state index contributed by atoms with van der Waals surface area (Å²) in [5, 5.41) is 13.6. The molecule has 0 fully saturated rings. The van der Waals surface area contributed by atoms with Gasteiger partial charge in [-0.3, -0.25) is 4.79 Å². The molecule has 0 saturated heterocycles. The number of carboxylic acid groups (broad SMARTS) is 1. The Morgan fingerprint density at radius 3 is 2.68 bits per heavy atom. The smallest absolute Gasteiger partial charge is 0.319 e. The number of nitrogens with one attached hydrogen (secondary N) is 2. The molecule has 0 bridgehead atoms. The molecule has 0 aliphatic carbocycles. The first-order valence-corrected chi connectivity index (χ1v) is 6.00. The summed E-state index contributed by atoms with van der Waals surface area (Å²) >= 11 is 0. The second-order valence-corrected chi connectivity index (χ2v) is 3.90. The molecule has 6 nitrogen and oxygen atoms in total. The molecular formula is C13H18N2O4. The van der Waals surface area contributed by atoms with Crippen molar-refractivity contribution in [3.05, 3.63) is 23.8 Å². The first-order chi connectivity index (χ1) is 9.06. The number of amides is 2. The van der Waals surface area contributed by atoms with Crippen LogP contribution in [-0.4, -0.2) is 30.8 Å². The van der Waals surface area contributed by atoms with E-state index < -0.39 is 12.0 Å². The molecule has 3 N–H and O–H groups in total. The third-order valence-corrected chi connectivity index (χ3v) is 2.54. The Balaban J connectivity index is 2.57. The fourth-order valence-corrected chi connectivity index (χ4v) is 1.59. The van der Waals surface area contributed by atoms with Crippen LogP contribution in [0.15, 0.2) is 18.2 Å². The number of aryl methyl sites for hydroxylation is 1. The van der Waals surface area contributed by atoms with Gasteiger partial charge in [0.1, 0.15) is 5.75 Å². The van der Waals surface area contributed by atoms with E-state index >= 15 is 0 Å². The van der Waals surface area contributed by atoms with Crippen LogP contribution in [0.25, 0.3) is 0 Å². The molecular weight excluding hydrogens is 248 g/mol. The van der Waals surface area contributed by atoms with Crippen molar-refractivity contribution in [1.29, 1.82) is 0 Å². The average molecular weight is 266 g/mol. The van der Waals surface area contributed by atoms with Crippen molar-refractivity contribution in [2.24, 2.45) is 0 Å². The van der Waals surface area contributed by atoms with E-state index in [2.05, 4.69) is 10.6 Å². The Hall–Kier alpha value is -2.24. The average Bonchev–Trinajstić information content (AvgIpc) is 2.38. The zero-order chi connectivity index (χ0) is 14.3. The van der Waals surface area contributed by atoms with Gasteiger partial charge in [-0.2, -0.15) is 0 Å². The number of carbonyl (C=O) groups excluding carboxylic acids is 1. The normalized spacial score (nSPS) is 9.79. The number of ether oxygens (including phenoxy) is 1. The predicted octanol–water partition coefficient (Wildman–Crippen LogP) is 1.85. The monoisotopic (exact) mass is 266 g/mol. The number of urea groups is 1. The van der Waals surface area contributed by atoms with Crippen LogP contribution in [-0.2, 0) is 11.2 Å². The first kappa shape index (κ1) is 14.8. The van der Waals surface area contributed by atoms with E-state index in [0.29, 0.717) is 5.69 Å². The van der Waals surface area contributed by atoms with Crippen LogP contribution in [0, 0.1) is 0 Å². The minimum atomic E-state index is -0.946. The molecule has 104 valence electrons. The molecule has 0 unspecified atom stereocenters. The molecule has 1 aromatic carbocycles. The Bertz CT molecular complexity index is 460. The number of benzene rings is 1. The van der Waals surface area contributed by atoms with Crippen molar-refractivity contribution in [3.8, 4) is 5.75 Å². The van der Waals surface area contributed by atoms with Crippen LogP contribution in [0.2, 0.25) is 0 Å². The summed E-state index contributed by atoms with van der Waals surface area (Å²) in [4.78, 5) is 21.8. The fourth-order valence-electron chi connectivity index (χ4n) is 1.59. The Kier molecular flexibility index (Phi) is 5.66. The molecule has 0 saturated carbocycles. The first-order valence-electron chi connectivity index (χ1n) is 6.00. The summed E-state index contributed by atoms with van der Waals surface area (Å²) in [6, 6.07) is 4.92. The molecule has 0 aliphatic heterocycles. The molecule has 0 atom stereocenters. The highest BCUT2D eigenvalue weighted by molar-refractivity contribution is 5.89. The number of carbonyl (C=O) groups is 2. The summed E-state index contributed by atoms with van der Waals surface area (Å²) in [6.45, 7) is 2.09. The highest BCUT2D eigenvalue weighted by atomic mass is 16.5. The Labute approximate surface area is 111 Å². The molecule has 0 aromatic heterocycles. The van der Waals surface area contributed by atoms with Gasteiger partial charge in [0.15, 0.2) is 0 Å². The van der Waals surface area contributed by atoms with E-state index in [1.54, 1.807) is 19.2 Å². The van der Waals surface area contributed by atoms with Crippen LogP contribution < -0.4 is 15.4 Å². The predicted molar refractivity (Wildman–Crippen MR) is 71.6 cm³/mol. The van der Waals surface area contributed by atoms with E-state index in [4.69, 9.17) is 9.84 Å². The quantitative estimate of drug-likeness (QED) is 0.733. The number of methoxy groups -OCH3 is 1. The van der Waals surface area contributed by atoms with Crippen molar-refractivity contribution in [2.45, 2.75) is 19.8 Å². The third-order valence-electron chi connectivity index (χ3n) is 2.54. The van der Waals surface area contributed by atoms with Gasteiger partial charge in [-0.05, 0) is 30.2 Å². The number of hydrogen-bond acceptors (Lipinski definition) is 3. The van der Waals surface area contributed by atoms with E-state index in [9.17, 15) is 9.59 Å². The molecule has 0 spiro atoms. The fraction of sp³-hybridized carbons (Fsp3) is 0.385. The molecule has 0 aliphatic rings. The van der Waals surface area contributed by atoms with E-state index in [0.717, 1.165) is 17.7 Å². The van der Waals surface area contributed by atoms with Crippen LogP contribution in [0.4, 0.5) is 10.5 Å². The number of rotatable bonds is 6. The van der Waals surface area contributed by atoms with Crippen molar-refractivity contribution < 1.29 is 19.4 Å². The van der Waals surface area contributed by atoms with Gasteiger partial charge in [-0.15, -0.1) is 0 Å². The van der Waals surface area contributed by atoms with Gasteiger partial charge >= 0.3 is 12.0 Å². The molecule has 1 aromatic rings. The summed E-state index contributed by atoms with van der Waals surface area (Å²) in [6.07, 6.45) is 0.690.